The van der Waals surface area contributed by atoms with Gasteiger partial charge >= 0.3 is 12.2 Å². The zero-order valence-corrected chi connectivity index (χ0v) is 15.6. The number of carbonyl (C=O) groups excluding carboxylic acids is 3. The van der Waals surface area contributed by atoms with Crippen molar-refractivity contribution < 1.29 is 31.9 Å². The molecule has 1 unspecified atom stereocenters. The van der Waals surface area contributed by atoms with E-state index in [1.807, 2.05) is 13.8 Å². The van der Waals surface area contributed by atoms with Crippen LogP contribution in [0.3, 0.4) is 0 Å². The predicted octanol–water partition coefficient (Wildman–Crippen LogP) is 2.82. The molecule has 1 aromatic carbocycles. The monoisotopic (exact) mass is 403 g/mol. The molecule has 10 heteroatoms. The van der Waals surface area contributed by atoms with Crippen molar-refractivity contribution in [2.24, 2.45) is 5.92 Å². The van der Waals surface area contributed by atoms with Crippen LogP contribution in [-0.4, -0.2) is 34.8 Å². The van der Waals surface area contributed by atoms with Crippen LogP contribution in [-0.2, 0) is 22.3 Å². The van der Waals surface area contributed by atoms with Gasteiger partial charge in [0, 0.05) is 6.54 Å². The van der Waals surface area contributed by atoms with E-state index in [2.05, 4.69) is 10.6 Å². The maximum absolute atomic E-state index is 13.1. The first kappa shape index (κ1) is 21.6. The Hall–Kier alpha value is -2.65. The molecule has 0 aliphatic carbocycles. The summed E-state index contributed by atoms with van der Waals surface area (Å²) in [6.07, 6.45) is -4.41. The molecule has 1 saturated heterocycles. The molecule has 1 fully saturated rings. The normalized spacial score (nSPS) is 19.9. The first-order valence-corrected chi connectivity index (χ1v) is 8.60. The maximum atomic E-state index is 13.1. The number of alkyl halides is 3. The second kappa shape index (κ2) is 7.76. The van der Waals surface area contributed by atoms with Crippen molar-refractivity contribution in [3.63, 3.8) is 0 Å². The average Bonchev–Trinajstić information content (AvgIpc) is 2.75. The first-order chi connectivity index (χ1) is 12.8. The van der Waals surface area contributed by atoms with E-state index in [1.54, 1.807) is 6.92 Å². The lowest BCUT2D eigenvalue weighted by molar-refractivity contribution is -0.138. The van der Waals surface area contributed by atoms with Gasteiger partial charge in [0.2, 0.25) is 5.91 Å². The molecule has 0 bridgehead atoms. The number of nitrogens with one attached hydrogen (secondary N) is 2. The fourth-order valence-corrected chi connectivity index (χ4v) is 3.21. The Labute approximate surface area is 159 Å². The highest BCUT2D eigenvalue weighted by Crippen LogP contribution is 2.32. The summed E-state index contributed by atoms with van der Waals surface area (Å²) >= 11 is 0. The largest absolute Gasteiger partial charge is 0.416 e. The van der Waals surface area contributed by atoms with Crippen LogP contribution in [0.2, 0.25) is 0 Å². The molecule has 154 valence electrons. The van der Waals surface area contributed by atoms with Crippen LogP contribution in [0.1, 0.15) is 38.3 Å². The molecule has 0 saturated carbocycles. The highest BCUT2D eigenvalue weighted by molar-refractivity contribution is 6.08. The second-order valence-corrected chi connectivity index (χ2v) is 7.33. The summed E-state index contributed by atoms with van der Waals surface area (Å²) in [7, 11) is 0. The van der Waals surface area contributed by atoms with Gasteiger partial charge in [-0.25, -0.2) is 9.18 Å². The SMILES string of the molecule is CC(C)CC1(C)NC(=O)N(CC(=O)NCc2ccc(F)cc2C(F)(F)F)C1=O. The fraction of sp³-hybridized carbons (Fsp3) is 0.500. The Kier molecular flexibility index (Phi) is 6.00. The third kappa shape index (κ3) is 4.79. The molecule has 2 N–H and O–H groups in total. The number of carbonyl (C=O) groups is 3. The van der Waals surface area contributed by atoms with Crippen molar-refractivity contribution in [1.29, 1.82) is 0 Å². The fourth-order valence-electron chi connectivity index (χ4n) is 3.21. The van der Waals surface area contributed by atoms with Crippen molar-refractivity contribution in [3.05, 3.63) is 35.1 Å². The van der Waals surface area contributed by atoms with E-state index >= 15 is 0 Å². The lowest BCUT2D eigenvalue weighted by atomic mass is 9.91. The summed E-state index contributed by atoms with van der Waals surface area (Å²) < 4.78 is 52.1. The third-order valence-electron chi connectivity index (χ3n) is 4.32. The molecule has 4 amide bonds. The van der Waals surface area contributed by atoms with E-state index in [-0.39, 0.29) is 11.5 Å². The van der Waals surface area contributed by atoms with Gasteiger partial charge in [-0.05, 0) is 37.0 Å². The van der Waals surface area contributed by atoms with Crippen molar-refractivity contribution in [1.82, 2.24) is 15.5 Å². The van der Waals surface area contributed by atoms with Crippen LogP contribution >= 0.6 is 0 Å². The number of hydrogen-bond acceptors (Lipinski definition) is 3. The van der Waals surface area contributed by atoms with Crippen molar-refractivity contribution >= 4 is 17.8 Å². The van der Waals surface area contributed by atoms with Crippen LogP contribution in [0.15, 0.2) is 18.2 Å². The lowest BCUT2D eigenvalue weighted by Gasteiger charge is -2.23. The average molecular weight is 403 g/mol. The lowest BCUT2D eigenvalue weighted by Crippen LogP contribution is -2.46. The Balaban J connectivity index is 2.04. The number of urea groups is 1. The predicted molar refractivity (Wildman–Crippen MR) is 91.4 cm³/mol. The molecule has 2 rings (SSSR count). The molecule has 0 aromatic heterocycles. The number of halogens is 4. The number of amides is 4. The van der Waals surface area contributed by atoms with Gasteiger partial charge in [0.1, 0.15) is 17.9 Å². The number of benzene rings is 1. The molecule has 1 aromatic rings. The number of rotatable bonds is 6. The molecular weight excluding hydrogens is 382 g/mol. The van der Waals surface area contributed by atoms with Crippen LogP contribution < -0.4 is 10.6 Å². The van der Waals surface area contributed by atoms with Crippen LogP contribution in [0.5, 0.6) is 0 Å². The van der Waals surface area contributed by atoms with E-state index in [4.69, 9.17) is 0 Å². The maximum Gasteiger partial charge on any atom is 0.416 e. The van der Waals surface area contributed by atoms with Crippen molar-refractivity contribution in [2.75, 3.05) is 6.54 Å². The molecule has 6 nitrogen and oxygen atoms in total. The molecule has 0 spiro atoms. The number of hydrogen-bond donors (Lipinski definition) is 2. The minimum Gasteiger partial charge on any atom is -0.350 e. The molecule has 1 aliphatic heterocycles. The van der Waals surface area contributed by atoms with Gasteiger partial charge in [-0.3, -0.25) is 14.5 Å². The Morgan fingerprint density at radius 3 is 2.50 bits per heavy atom. The van der Waals surface area contributed by atoms with Gasteiger partial charge in [0.05, 0.1) is 5.56 Å². The summed E-state index contributed by atoms with van der Waals surface area (Å²) in [5, 5.41) is 4.77. The Bertz CT molecular complexity index is 795. The van der Waals surface area contributed by atoms with E-state index in [1.165, 1.54) is 0 Å². The van der Waals surface area contributed by atoms with Crippen LogP contribution in [0.25, 0.3) is 0 Å². The summed E-state index contributed by atoms with van der Waals surface area (Å²) in [5.41, 5.74) is -2.66. The topological polar surface area (TPSA) is 78.5 Å². The molecule has 0 radical (unpaired) electrons. The Morgan fingerprint density at radius 2 is 1.93 bits per heavy atom. The van der Waals surface area contributed by atoms with E-state index in [9.17, 15) is 31.9 Å². The van der Waals surface area contributed by atoms with Crippen LogP contribution in [0, 0.1) is 11.7 Å². The standard InChI is InChI=1S/C18H21F4N3O3/c1-10(2)7-17(3)15(27)25(16(28)24-17)9-14(26)23-8-11-4-5-12(19)6-13(11)18(20,21)22/h4-6,10H,7-9H2,1-3H3,(H,23,26)(H,24,28). The minimum absolute atomic E-state index is 0.113. The second-order valence-electron chi connectivity index (χ2n) is 7.33. The minimum atomic E-state index is -4.79. The van der Waals surface area contributed by atoms with Gasteiger partial charge in [0.15, 0.2) is 0 Å². The zero-order valence-electron chi connectivity index (χ0n) is 15.6. The molecular formula is C18H21F4N3O3. The first-order valence-electron chi connectivity index (χ1n) is 8.60. The molecule has 1 aliphatic rings. The quantitative estimate of drug-likeness (QED) is 0.566. The van der Waals surface area contributed by atoms with Crippen molar-refractivity contribution in [2.45, 2.75) is 45.5 Å². The van der Waals surface area contributed by atoms with Crippen molar-refractivity contribution in [3.8, 4) is 0 Å². The molecule has 1 heterocycles. The van der Waals surface area contributed by atoms with E-state index in [0.29, 0.717) is 12.5 Å². The smallest absolute Gasteiger partial charge is 0.350 e. The summed E-state index contributed by atoms with van der Waals surface area (Å²) in [6.45, 7) is 4.16. The number of nitrogens with zero attached hydrogens (tertiary/aromatic N) is 1. The zero-order chi connectivity index (χ0) is 21.3. The molecule has 28 heavy (non-hydrogen) atoms. The third-order valence-corrected chi connectivity index (χ3v) is 4.32. The Morgan fingerprint density at radius 1 is 1.29 bits per heavy atom. The number of imide groups is 1. The van der Waals surface area contributed by atoms with Gasteiger partial charge in [-0.15, -0.1) is 0 Å². The van der Waals surface area contributed by atoms with Crippen LogP contribution in [0.4, 0.5) is 22.4 Å². The van der Waals surface area contributed by atoms with E-state index < -0.39 is 54.0 Å². The van der Waals surface area contributed by atoms with E-state index in [0.717, 1.165) is 17.0 Å². The van der Waals surface area contributed by atoms with Gasteiger partial charge < -0.3 is 10.6 Å². The van der Waals surface area contributed by atoms with Gasteiger partial charge in [-0.1, -0.05) is 19.9 Å². The van der Waals surface area contributed by atoms with Gasteiger partial charge in [0.25, 0.3) is 5.91 Å². The highest BCUT2D eigenvalue weighted by Gasteiger charge is 2.48. The van der Waals surface area contributed by atoms with Gasteiger partial charge in [-0.2, -0.15) is 13.2 Å². The summed E-state index contributed by atoms with van der Waals surface area (Å²) in [6, 6.07) is 1.38. The summed E-state index contributed by atoms with van der Waals surface area (Å²) in [5.74, 6) is -2.32. The molecule has 1 atom stereocenters. The highest BCUT2D eigenvalue weighted by atomic mass is 19.4. The summed E-state index contributed by atoms with van der Waals surface area (Å²) in [4.78, 5) is 37.3.